The van der Waals surface area contributed by atoms with Crippen molar-refractivity contribution in [2.45, 2.75) is 13.3 Å². The zero-order valence-electron chi connectivity index (χ0n) is 15.4. The number of benzene rings is 2. The molecule has 0 unspecified atom stereocenters. The van der Waals surface area contributed by atoms with Gasteiger partial charge in [-0.2, -0.15) is 5.10 Å². The molecule has 144 valence electrons. The summed E-state index contributed by atoms with van der Waals surface area (Å²) >= 11 is 12.3. The van der Waals surface area contributed by atoms with Crippen molar-refractivity contribution in [2.75, 3.05) is 6.54 Å². The second-order valence-corrected chi connectivity index (χ2v) is 6.99. The van der Waals surface area contributed by atoms with Gasteiger partial charge in [0.2, 0.25) is 6.54 Å². The van der Waals surface area contributed by atoms with Crippen molar-refractivity contribution < 1.29 is 9.90 Å². The lowest BCUT2D eigenvalue weighted by molar-refractivity contribution is 0.0689. The second kappa shape index (κ2) is 8.84. The Bertz CT molecular complexity index is 1180. The molecule has 0 aliphatic carbocycles. The van der Waals surface area contributed by atoms with E-state index in [-0.39, 0.29) is 5.69 Å². The molecule has 0 fully saturated rings. The minimum absolute atomic E-state index is 0.0472. The lowest BCUT2D eigenvalue weighted by atomic mass is 10.0. The first-order chi connectivity index (χ1) is 13.9. The predicted molar refractivity (Wildman–Crippen MR) is 114 cm³/mol. The Morgan fingerprint density at radius 1 is 1.24 bits per heavy atom. The third kappa shape index (κ3) is 4.43. The number of carbonyl (C=O) groups is 1. The molecule has 0 saturated heterocycles. The van der Waals surface area contributed by atoms with Gasteiger partial charge in [0, 0.05) is 21.7 Å². The summed E-state index contributed by atoms with van der Waals surface area (Å²) in [6, 6.07) is 12.4. The van der Waals surface area contributed by atoms with Crippen molar-refractivity contribution in [3.63, 3.8) is 0 Å². The van der Waals surface area contributed by atoms with Crippen LogP contribution in [-0.2, 0) is 0 Å². The number of rotatable bonds is 4. The molecule has 1 N–H and O–H groups in total. The van der Waals surface area contributed by atoms with Gasteiger partial charge < -0.3 is 9.95 Å². The van der Waals surface area contributed by atoms with Crippen LogP contribution in [0.4, 0.5) is 0 Å². The zero-order valence-corrected chi connectivity index (χ0v) is 16.9. The average Bonchev–Trinajstić information content (AvgIpc) is 3.03. The number of hydrogen-bond acceptors (Lipinski definition) is 2. The monoisotopic (exact) mass is 423 g/mol. The summed E-state index contributed by atoms with van der Waals surface area (Å²) < 4.78 is 1.52. The lowest BCUT2D eigenvalue weighted by Crippen LogP contribution is -2.03. The predicted octanol–water partition coefficient (Wildman–Crippen LogP) is 5.51. The van der Waals surface area contributed by atoms with Crippen molar-refractivity contribution in [1.82, 2.24) is 9.78 Å². The number of hydrogen-bond donors (Lipinski definition) is 1. The van der Waals surface area contributed by atoms with Gasteiger partial charge in [0.05, 0.1) is 22.8 Å². The van der Waals surface area contributed by atoms with E-state index in [1.807, 2.05) is 24.3 Å². The molecular formula is C22H15Cl2N3O2. The number of halogens is 2. The van der Waals surface area contributed by atoms with Crippen LogP contribution < -0.4 is 0 Å². The first kappa shape index (κ1) is 20.5. The van der Waals surface area contributed by atoms with Crippen LogP contribution >= 0.6 is 23.2 Å². The number of carboxylic acid groups (broad SMARTS) is 1. The molecule has 0 spiro atoms. The topological polar surface area (TPSA) is 59.5 Å². The van der Waals surface area contributed by atoms with E-state index in [0.717, 1.165) is 11.1 Å². The highest BCUT2D eigenvalue weighted by Gasteiger charge is 2.22. The average molecular weight is 424 g/mol. The molecule has 0 aliphatic heterocycles. The molecule has 7 heteroatoms. The van der Waals surface area contributed by atoms with Gasteiger partial charge in [-0.1, -0.05) is 47.2 Å². The van der Waals surface area contributed by atoms with Crippen molar-refractivity contribution in [3.05, 3.63) is 80.7 Å². The van der Waals surface area contributed by atoms with Gasteiger partial charge in [0.15, 0.2) is 5.69 Å². The van der Waals surface area contributed by atoms with Crippen LogP contribution in [0.5, 0.6) is 0 Å². The molecule has 0 atom stereocenters. The second-order valence-electron chi connectivity index (χ2n) is 6.15. The SMILES string of the molecule is [C-]#[N+]CCC#Cc1ccc(-c2c(C)c(C(=O)O)nn2-c2ccc(Cl)cc2Cl)cc1. The van der Waals surface area contributed by atoms with Crippen molar-refractivity contribution in [2.24, 2.45) is 0 Å². The van der Waals surface area contributed by atoms with Crippen LogP contribution in [0.1, 0.15) is 28.0 Å². The molecule has 3 aromatic rings. The lowest BCUT2D eigenvalue weighted by Gasteiger charge is -2.11. The minimum atomic E-state index is -1.12. The Morgan fingerprint density at radius 2 is 1.97 bits per heavy atom. The largest absolute Gasteiger partial charge is 0.476 e. The summed E-state index contributed by atoms with van der Waals surface area (Å²) in [6.45, 7) is 8.86. The van der Waals surface area contributed by atoms with Gasteiger partial charge in [-0.25, -0.2) is 16.0 Å². The highest BCUT2D eigenvalue weighted by molar-refractivity contribution is 6.35. The van der Waals surface area contributed by atoms with E-state index in [0.29, 0.717) is 40.0 Å². The quantitative estimate of drug-likeness (QED) is 0.341. The fourth-order valence-electron chi connectivity index (χ4n) is 2.85. The third-order valence-electron chi connectivity index (χ3n) is 4.20. The Kier molecular flexibility index (Phi) is 6.24. The summed E-state index contributed by atoms with van der Waals surface area (Å²) in [5.74, 6) is 4.85. The highest BCUT2D eigenvalue weighted by atomic mass is 35.5. The summed E-state index contributed by atoms with van der Waals surface area (Å²) in [5, 5.41) is 14.6. The Hall–Kier alpha value is -3.25. The molecule has 3 rings (SSSR count). The van der Waals surface area contributed by atoms with Crippen LogP contribution in [0.2, 0.25) is 10.0 Å². The Morgan fingerprint density at radius 3 is 2.59 bits per heavy atom. The molecule has 5 nitrogen and oxygen atoms in total. The number of carboxylic acids is 1. The number of aromatic carboxylic acids is 1. The van der Waals surface area contributed by atoms with E-state index in [9.17, 15) is 9.90 Å². The van der Waals surface area contributed by atoms with Crippen LogP contribution in [-0.4, -0.2) is 27.4 Å². The molecule has 0 radical (unpaired) electrons. The Labute approximate surface area is 178 Å². The number of nitrogens with zero attached hydrogens (tertiary/aromatic N) is 3. The van der Waals surface area contributed by atoms with E-state index in [1.165, 1.54) is 4.68 Å². The fraction of sp³-hybridized carbons (Fsp3) is 0.136. The molecule has 0 amide bonds. The van der Waals surface area contributed by atoms with E-state index in [4.69, 9.17) is 29.8 Å². The van der Waals surface area contributed by atoms with Gasteiger partial charge in [-0.15, -0.1) is 0 Å². The van der Waals surface area contributed by atoms with Crippen LogP contribution in [0, 0.1) is 25.3 Å². The van der Waals surface area contributed by atoms with Crippen LogP contribution in [0.3, 0.4) is 0 Å². The molecular weight excluding hydrogens is 409 g/mol. The van der Waals surface area contributed by atoms with Crippen molar-refractivity contribution in [3.8, 4) is 28.8 Å². The highest BCUT2D eigenvalue weighted by Crippen LogP contribution is 2.32. The summed E-state index contributed by atoms with van der Waals surface area (Å²) in [5.41, 5.74) is 3.22. The summed E-state index contributed by atoms with van der Waals surface area (Å²) in [4.78, 5) is 14.9. The summed E-state index contributed by atoms with van der Waals surface area (Å²) in [6.07, 6.45) is 0.522. The van der Waals surface area contributed by atoms with Crippen LogP contribution in [0.15, 0.2) is 42.5 Å². The van der Waals surface area contributed by atoms with E-state index in [2.05, 4.69) is 21.8 Å². The first-order valence-electron chi connectivity index (χ1n) is 8.63. The minimum Gasteiger partial charge on any atom is -0.476 e. The van der Waals surface area contributed by atoms with Gasteiger partial charge in [-0.3, -0.25) is 0 Å². The van der Waals surface area contributed by atoms with Gasteiger partial charge in [0.1, 0.15) is 0 Å². The van der Waals surface area contributed by atoms with Crippen molar-refractivity contribution in [1.29, 1.82) is 0 Å². The molecule has 1 aromatic heterocycles. The van der Waals surface area contributed by atoms with Gasteiger partial charge in [0.25, 0.3) is 0 Å². The first-order valence-corrected chi connectivity index (χ1v) is 9.39. The smallest absolute Gasteiger partial charge is 0.356 e. The molecule has 2 aromatic carbocycles. The van der Waals surface area contributed by atoms with Crippen molar-refractivity contribution >= 4 is 29.2 Å². The fourth-order valence-corrected chi connectivity index (χ4v) is 3.34. The maximum absolute atomic E-state index is 11.6. The molecule has 0 bridgehead atoms. The molecule has 0 aliphatic rings. The maximum Gasteiger partial charge on any atom is 0.356 e. The van der Waals surface area contributed by atoms with E-state index >= 15 is 0 Å². The zero-order chi connectivity index (χ0) is 21.0. The standard InChI is InChI=1S/C22H15Cl2N3O2/c1-14-20(22(28)29)26-27(19-11-10-17(23)13-18(19)24)21(14)16-8-6-15(7-9-16)5-3-4-12-25-2/h6-11,13H,4,12H2,1H3,(H,28,29). The molecule has 29 heavy (non-hydrogen) atoms. The van der Waals surface area contributed by atoms with Gasteiger partial charge in [-0.05, 0) is 37.3 Å². The number of aromatic nitrogens is 2. The maximum atomic E-state index is 11.6. The Balaban J connectivity index is 2.10. The third-order valence-corrected chi connectivity index (χ3v) is 4.74. The van der Waals surface area contributed by atoms with E-state index in [1.54, 1.807) is 25.1 Å². The molecule has 0 saturated carbocycles. The van der Waals surface area contributed by atoms with Gasteiger partial charge >= 0.3 is 5.97 Å². The normalized spacial score (nSPS) is 10.1. The molecule has 1 heterocycles. The van der Waals surface area contributed by atoms with Crippen LogP contribution in [0.25, 0.3) is 21.8 Å². The summed E-state index contributed by atoms with van der Waals surface area (Å²) in [7, 11) is 0. The van der Waals surface area contributed by atoms with E-state index < -0.39 is 5.97 Å².